The van der Waals surface area contributed by atoms with E-state index in [2.05, 4.69) is 49.9 Å². The van der Waals surface area contributed by atoms with Crippen LogP contribution in [-0.4, -0.2) is 48.5 Å². The number of nitrogens with zero attached hydrogens (tertiary/aromatic N) is 3. The fourth-order valence-electron chi connectivity index (χ4n) is 3.15. The predicted molar refractivity (Wildman–Crippen MR) is 138 cm³/mol. The molecule has 0 saturated heterocycles. The van der Waals surface area contributed by atoms with Gasteiger partial charge in [0.25, 0.3) is 0 Å². The number of nitrogens with one attached hydrogen (secondary N) is 3. The first-order chi connectivity index (χ1) is 15.1. The maximum atomic E-state index is 5.46. The van der Waals surface area contributed by atoms with Gasteiger partial charge in [-0.25, -0.2) is 9.98 Å². The molecule has 0 saturated carbocycles. The highest BCUT2D eigenvalue weighted by Crippen LogP contribution is 2.20. The number of aromatic amines is 1. The summed E-state index contributed by atoms with van der Waals surface area (Å²) < 4.78 is 10.7. The van der Waals surface area contributed by atoms with E-state index in [-0.39, 0.29) is 24.0 Å². The first kappa shape index (κ1) is 25.4. The highest BCUT2D eigenvalue weighted by molar-refractivity contribution is 14.0. The monoisotopic (exact) mass is 550 g/mol. The SMILES string of the molecule is CCNC(=NCc1nc(-c2ccc(OC)cc2)n[nH]1)NCCc1cc(C)ccc1OC.I. The number of methoxy groups -OCH3 is 2. The van der Waals surface area contributed by atoms with Crippen LogP contribution in [0, 0.1) is 6.92 Å². The average molecular weight is 550 g/mol. The summed E-state index contributed by atoms with van der Waals surface area (Å²) in [5, 5.41) is 13.9. The van der Waals surface area contributed by atoms with Crippen LogP contribution in [0.25, 0.3) is 11.4 Å². The second-order valence-electron chi connectivity index (χ2n) is 7.02. The molecule has 0 amide bonds. The molecule has 32 heavy (non-hydrogen) atoms. The van der Waals surface area contributed by atoms with Gasteiger partial charge in [0.2, 0.25) is 0 Å². The zero-order valence-electron chi connectivity index (χ0n) is 18.9. The fourth-order valence-corrected chi connectivity index (χ4v) is 3.15. The Morgan fingerprint density at radius 3 is 2.53 bits per heavy atom. The van der Waals surface area contributed by atoms with Crippen molar-refractivity contribution in [3.8, 4) is 22.9 Å². The normalized spacial score (nSPS) is 10.9. The third-order valence-corrected chi connectivity index (χ3v) is 4.73. The summed E-state index contributed by atoms with van der Waals surface area (Å²) in [7, 11) is 3.34. The molecule has 0 fully saturated rings. The minimum Gasteiger partial charge on any atom is -0.497 e. The highest BCUT2D eigenvalue weighted by atomic mass is 127. The van der Waals surface area contributed by atoms with E-state index in [0.29, 0.717) is 18.2 Å². The van der Waals surface area contributed by atoms with Crippen molar-refractivity contribution in [1.82, 2.24) is 25.8 Å². The molecule has 1 aromatic heterocycles. The van der Waals surface area contributed by atoms with Crippen molar-refractivity contribution in [2.24, 2.45) is 4.99 Å². The standard InChI is InChI=1S/C23H30N6O2.HI/c1-5-24-23(25-13-12-18-14-16(2)6-11-20(18)31-4)26-15-21-27-22(29-28-21)17-7-9-19(30-3)10-8-17;/h6-11,14H,5,12-13,15H2,1-4H3,(H2,24,25,26)(H,27,28,29);1H. The molecule has 3 N–H and O–H groups in total. The van der Waals surface area contributed by atoms with Crippen LogP contribution in [0.15, 0.2) is 47.5 Å². The van der Waals surface area contributed by atoms with Gasteiger partial charge in [0, 0.05) is 18.7 Å². The van der Waals surface area contributed by atoms with Gasteiger partial charge in [0.15, 0.2) is 11.8 Å². The van der Waals surface area contributed by atoms with Gasteiger partial charge in [-0.15, -0.1) is 24.0 Å². The summed E-state index contributed by atoms with van der Waals surface area (Å²) in [4.78, 5) is 9.16. The number of guanidine groups is 1. The molecule has 3 rings (SSSR count). The number of aryl methyl sites for hydroxylation is 1. The molecule has 0 atom stereocenters. The molecule has 3 aromatic rings. The van der Waals surface area contributed by atoms with Crippen LogP contribution in [-0.2, 0) is 13.0 Å². The molecule has 0 aliphatic heterocycles. The van der Waals surface area contributed by atoms with Crippen molar-refractivity contribution in [1.29, 1.82) is 0 Å². The van der Waals surface area contributed by atoms with Crippen LogP contribution in [0.1, 0.15) is 23.9 Å². The van der Waals surface area contributed by atoms with Crippen LogP contribution in [0.3, 0.4) is 0 Å². The van der Waals surface area contributed by atoms with E-state index in [0.717, 1.165) is 42.5 Å². The minimum atomic E-state index is 0. The van der Waals surface area contributed by atoms with Crippen LogP contribution >= 0.6 is 24.0 Å². The summed E-state index contributed by atoms with van der Waals surface area (Å²) in [6, 6.07) is 13.9. The number of benzene rings is 2. The first-order valence-electron chi connectivity index (χ1n) is 10.3. The maximum Gasteiger partial charge on any atom is 0.191 e. The lowest BCUT2D eigenvalue weighted by atomic mass is 10.1. The average Bonchev–Trinajstić information content (AvgIpc) is 3.27. The number of hydrogen-bond donors (Lipinski definition) is 3. The van der Waals surface area contributed by atoms with Crippen molar-refractivity contribution in [3.05, 3.63) is 59.4 Å². The molecule has 0 bridgehead atoms. The van der Waals surface area contributed by atoms with Crippen LogP contribution in [0.4, 0.5) is 0 Å². The van der Waals surface area contributed by atoms with Gasteiger partial charge in [-0.1, -0.05) is 17.7 Å². The second kappa shape index (κ2) is 12.9. The molecular formula is C23H31IN6O2. The number of halogens is 1. The third-order valence-electron chi connectivity index (χ3n) is 4.73. The number of hydrogen-bond acceptors (Lipinski definition) is 5. The van der Waals surface area contributed by atoms with Gasteiger partial charge in [-0.3, -0.25) is 5.10 Å². The summed E-state index contributed by atoms with van der Waals surface area (Å²) in [5.74, 6) is 3.77. The van der Waals surface area contributed by atoms with E-state index in [1.54, 1.807) is 14.2 Å². The molecule has 172 valence electrons. The minimum absolute atomic E-state index is 0. The Morgan fingerprint density at radius 1 is 1.06 bits per heavy atom. The quantitative estimate of drug-likeness (QED) is 0.214. The van der Waals surface area contributed by atoms with E-state index in [4.69, 9.17) is 9.47 Å². The van der Waals surface area contributed by atoms with Crippen molar-refractivity contribution >= 4 is 29.9 Å². The highest BCUT2D eigenvalue weighted by Gasteiger charge is 2.07. The maximum absolute atomic E-state index is 5.46. The van der Waals surface area contributed by atoms with Gasteiger partial charge >= 0.3 is 0 Å². The summed E-state index contributed by atoms with van der Waals surface area (Å²) in [5.41, 5.74) is 3.31. The topological polar surface area (TPSA) is 96.5 Å². The van der Waals surface area contributed by atoms with E-state index in [1.807, 2.05) is 37.3 Å². The molecule has 2 aromatic carbocycles. The van der Waals surface area contributed by atoms with Crippen LogP contribution < -0.4 is 20.1 Å². The summed E-state index contributed by atoms with van der Waals surface area (Å²) in [6.45, 7) is 6.02. The second-order valence-corrected chi connectivity index (χ2v) is 7.02. The Balaban J connectivity index is 0.00000363. The zero-order valence-corrected chi connectivity index (χ0v) is 21.3. The van der Waals surface area contributed by atoms with Crippen molar-refractivity contribution in [3.63, 3.8) is 0 Å². The Morgan fingerprint density at radius 2 is 1.84 bits per heavy atom. The zero-order chi connectivity index (χ0) is 22.1. The van der Waals surface area contributed by atoms with E-state index in [9.17, 15) is 0 Å². The number of rotatable bonds is 9. The van der Waals surface area contributed by atoms with Gasteiger partial charge in [-0.05, 0) is 56.2 Å². The lowest BCUT2D eigenvalue weighted by Gasteiger charge is -2.13. The molecule has 0 spiro atoms. The van der Waals surface area contributed by atoms with Crippen molar-refractivity contribution in [2.75, 3.05) is 27.3 Å². The Bertz CT molecular complexity index is 1000. The molecule has 0 radical (unpaired) electrons. The van der Waals surface area contributed by atoms with Crippen molar-refractivity contribution < 1.29 is 9.47 Å². The van der Waals surface area contributed by atoms with E-state index >= 15 is 0 Å². The molecule has 9 heteroatoms. The van der Waals surface area contributed by atoms with Gasteiger partial charge in [0.05, 0.1) is 14.2 Å². The smallest absolute Gasteiger partial charge is 0.191 e. The third kappa shape index (κ3) is 7.11. The Kier molecular flexibility index (Phi) is 10.3. The molecule has 0 aliphatic carbocycles. The molecule has 1 heterocycles. The van der Waals surface area contributed by atoms with E-state index in [1.165, 1.54) is 11.1 Å². The van der Waals surface area contributed by atoms with Crippen LogP contribution in [0.2, 0.25) is 0 Å². The number of aromatic nitrogens is 3. The molecular weight excluding hydrogens is 519 g/mol. The molecule has 8 nitrogen and oxygen atoms in total. The summed E-state index contributed by atoms with van der Waals surface area (Å²) >= 11 is 0. The number of aliphatic imine (C=N–C) groups is 1. The predicted octanol–water partition coefficient (Wildman–Crippen LogP) is 3.71. The van der Waals surface area contributed by atoms with Gasteiger partial charge in [-0.2, -0.15) is 5.10 Å². The molecule has 0 aliphatic rings. The lowest BCUT2D eigenvalue weighted by molar-refractivity contribution is 0.409. The fraction of sp³-hybridized carbons (Fsp3) is 0.348. The summed E-state index contributed by atoms with van der Waals surface area (Å²) in [6.07, 6.45) is 0.833. The number of H-pyrrole nitrogens is 1. The first-order valence-corrected chi connectivity index (χ1v) is 10.3. The van der Waals surface area contributed by atoms with Gasteiger partial charge < -0.3 is 20.1 Å². The lowest BCUT2D eigenvalue weighted by Crippen LogP contribution is -2.38. The van der Waals surface area contributed by atoms with E-state index < -0.39 is 0 Å². The van der Waals surface area contributed by atoms with Gasteiger partial charge in [0.1, 0.15) is 23.9 Å². The van der Waals surface area contributed by atoms with Crippen LogP contribution in [0.5, 0.6) is 11.5 Å². The molecule has 0 unspecified atom stereocenters. The number of ether oxygens (including phenoxy) is 2. The Labute approximate surface area is 206 Å². The Hall–Kier alpha value is -2.82. The largest absolute Gasteiger partial charge is 0.497 e. The van der Waals surface area contributed by atoms with Crippen molar-refractivity contribution in [2.45, 2.75) is 26.8 Å².